The number of carbonyl (C=O) groups is 1. The predicted molar refractivity (Wildman–Crippen MR) is 60.3 cm³/mol. The summed E-state index contributed by atoms with van der Waals surface area (Å²) in [5.41, 5.74) is 0. The molecule has 3 nitrogen and oxygen atoms in total. The number of likely N-dealkylation sites (N-methyl/N-ethyl adjacent to an activating group) is 1. The Morgan fingerprint density at radius 1 is 1.07 bits per heavy atom. The molecule has 1 fully saturated rings. The number of amides is 1. The van der Waals surface area contributed by atoms with E-state index in [-0.39, 0.29) is 0 Å². The first-order chi connectivity index (χ1) is 6.74. The zero-order chi connectivity index (χ0) is 10.8. The summed E-state index contributed by atoms with van der Waals surface area (Å²) in [6, 6.07) is 0. The van der Waals surface area contributed by atoms with Crippen molar-refractivity contribution in [2.45, 2.75) is 33.1 Å². The van der Waals surface area contributed by atoms with Gasteiger partial charge in [-0.3, -0.25) is 4.79 Å². The van der Waals surface area contributed by atoms with Crippen LogP contribution in [0.1, 0.15) is 33.1 Å². The van der Waals surface area contributed by atoms with Crippen LogP contribution in [-0.4, -0.2) is 49.4 Å². The monoisotopic (exact) mass is 200 g/mol. The van der Waals surface area contributed by atoms with E-state index >= 15 is 0 Å². The molecule has 0 aromatic heterocycles. The van der Waals surface area contributed by atoms with Gasteiger partial charge in [0.2, 0.25) is 6.41 Å². The molecule has 0 radical (unpaired) electrons. The van der Waals surface area contributed by atoms with Gasteiger partial charge >= 0.3 is 0 Å². The number of hydrogen-bond acceptors (Lipinski definition) is 2. The standard InChI is InChI=1S/C6H12N2O.C5H12/c1-7-2-4-8(6-9)5-3-7;1-3-5-4-2/h6H,2-5H2,1H3;3-5H2,1-2H3. The highest BCUT2D eigenvalue weighted by Crippen LogP contribution is 1.94. The third-order valence-electron chi connectivity index (χ3n) is 2.39. The maximum Gasteiger partial charge on any atom is 0.209 e. The van der Waals surface area contributed by atoms with Crippen molar-refractivity contribution in [3.05, 3.63) is 0 Å². The third kappa shape index (κ3) is 6.89. The normalized spacial score (nSPS) is 17.2. The van der Waals surface area contributed by atoms with Crippen molar-refractivity contribution in [2.75, 3.05) is 33.2 Å². The molecule has 0 unspecified atom stereocenters. The fourth-order valence-electron chi connectivity index (χ4n) is 1.28. The molecule has 0 atom stereocenters. The number of nitrogens with zero attached hydrogens (tertiary/aromatic N) is 2. The molecule has 1 saturated heterocycles. The van der Waals surface area contributed by atoms with Gasteiger partial charge < -0.3 is 9.80 Å². The zero-order valence-electron chi connectivity index (χ0n) is 9.83. The largest absolute Gasteiger partial charge is 0.343 e. The minimum absolute atomic E-state index is 0.889. The lowest BCUT2D eigenvalue weighted by Gasteiger charge is -2.29. The summed E-state index contributed by atoms with van der Waals surface area (Å²) in [5.74, 6) is 0. The fourth-order valence-corrected chi connectivity index (χ4v) is 1.28. The molecule has 1 aliphatic heterocycles. The summed E-state index contributed by atoms with van der Waals surface area (Å²) in [6.45, 7) is 8.23. The van der Waals surface area contributed by atoms with E-state index in [1.807, 2.05) is 0 Å². The molecule has 84 valence electrons. The first-order valence-electron chi connectivity index (χ1n) is 5.62. The van der Waals surface area contributed by atoms with Crippen LogP contribution in [0.2, 0.25) is 0 Å². The van der Waals surface area contributed by atoms with Crippen molar-refractivity contribution in [3.8, 4) is 0 Å². The third-order valence-corrected chi connectivity index (χ3v) is 2.39. The highest BCUT2D eigenvalue weighted by Gasteiger charge is 2.10. The van der Waals surface area contributed by atoms with Gasteiger partial charge in [-0.15, -0.1) is 0 Å². The number of hydrogen-bond donors (Lipinski definition) is 0. The van der Waals surface area contributed by atoms with Gasteiger partial charge in [-0.1, -0.05) is 33.1 Å². The van der Waals surface area contributed by atoms with Crippen molar-refractivity contribution in [1.82, 2.24) is 9.80 Å². The average Bonchev–Trinajstić information content (AvgIpc) is 2.21. The smallest absolute Gasteiger partial charge is 0.209 e. The van der Waals surface area contributed by atoms with Crippen molar-refractivity contribution >= 4 is 6.41 Å². The lowest BCUT2D eigenvalue weighted by molar-refractivity contribution is -0.119. The molecule has 0 aromatic rings. The Balaban J connectivity index is 0.000000292. The summed E-state index contributed by atoms with van der Waals surface area (Å²) in [6.07, 6.45) is 5.00. The maximum absolute atomic E-state index is 10.2. The summed E-state index contributed by atoms with van der Waals surface area (Å²) in [5, 5.41) is 0. The van der Waals surface area contributed by atoms with Crippen LogP contribution < -0.4 is 0 Å². The first-order valence-corrected chi connectivity index (χ1v) is 5.62. The summed E-state index contributed by atoms with van der Waals surface area (Å²) in [7, 11) is 2.07. The van der Waals surface area contributed by atoms with Crippen LogP contribution in [0.5, 0.6) is 0 Å². The van der Waals surface area contributed by atoms with Crippen LogP contribution in [0, 0.1) is 0 Å². The second-order valence-corrected chi connectivity index (χ2v) is 3.80. The Hall–Kier alpha value is -0.570. The number of unbranched alkanes of at least 4 members (excludes halogenated alkanes) is 2. The zero-order valence-corrected chi connectivity index (χ0v) is 9.83. The Kier molecular flexibility index (Phi) is 8.64. The Labute approximate surface area is 88.1 Å². The van der Waals surface area contributed by atoms with Gasteiger partial charge in [0.25, 0.3) is 0 Å². The summed E-state index contributed by atoms with van der Waals surface area (Å²) >= 11 is 0. The average molecular weight is 200 g/mol. The predicted octanol–water partition coefficient (Wildman–Crippen LogP) is 1.59. The molecule has 0 N–H and O–H groups in total. The number of rotatable bonds is 3. The molecule has 0 bridgehead atoms. The van der Waals surface area contributed by atoms with E-state index in [0.29, 0.717) is 0 Å². The van der Waals surface area contributed by atoms with Crippen molar-refractivity contribution in [3.63, 3.8) is 0 Å². The quantitative estimate of drug-likeness (QED) is 0.646. The molecule has 1 rings (SSSR count). The lowest BCUT2D eigenvalue weighted by Crippen LogP contribution is -2.43. The Bertz CT molecular complexity index is 129. The summed E-state index contributed by atoms with van der Waals surface area (Å²) in [4.78, 5) is 14.2. The summed E-state index contributed by atoms with van der Waals surface area (Å²) < 4.78 is 0. The molecule has 1 amide bonds. The van der Waals surface area contributed by atoms with Gasteiger partial charge in [-0.05, 0) is 7.05 Å². The van der Waals surface area contributed by atoms with Crippen molar-refractivity contribution in [1.29, 1.82) is 0 Å². The Morgan fingerprint density at radius 2 is 1.57 bits per heavy atom. The molecule has 1 heterocycles. The molecule has 1 aliphatic rings. The molecule has 0 aliphatic carbocycles. The van der Waals surface area contributed by atoms with Crippen LogP contribution in [0.4, 0.5) is 0 Å². The minimum Gasteiger partial charge on any atom is -0.343 e. The molecule has 3 heteroatoms. The topological polar surface area (TPSA) is 23.6 Å². The van der Waals surface area contributed by atoms with Crippen LogP contribution in [0.15, 0.2) is 0 Å². The SMILES string of the molecule is CCCCC.CN1CCN(C=O)CC1. The minimum atomic E-state index is 0.889. The van der Waals surface area contributed by atoms with Gasteiger partial charge in [0.15, 0.2) is 0 Å². The number of piperazine rings is 1. The van der Waals surface area contributed by atoms with Gasteiger partial charge in [-0.2, -0.15) is 0 Å². The molecule has 0 aromatic carbocycles. The van der Waals surface area contributed by atoms with Crippen LogP contribution in [0.3, 0.4) is 0 Å². The van der Waals surface area contributed by atoms with Gasteiger partial charge in [0.05, 0.1) is 0 Å². The van der Waals surface area contributed by atoms with Crippen LogP contribution in [0.25, 0.3) is 0 Å². The lowest BCUT2D eigenvalue weighted by atomic mass is 10.3. The first kappa shape index (κ1) is 13.4. The van der Waals surface area contributed by atoms with Gasteiger partial charge in [-0.25, -0.2) is 0 Å². The molecule has 14 heavy (non-hydrogen) atoms. The van der Waals surface area contributed by atoms with E-state index in [9.17, 15) is 4.79 Å². The van der Waals surface area contributed by atoms with Gasteiger partial charge in [0.1, 0.15) is 0 Å². The van der Waals surface area contributed by atoms with E-state index in [1.165, 1.54) is 19.3 Å². The number of carbonyl (C=O) groups excluding carboxylic acids is 1. The fraction of sp³-hybridized carbons (Fsp3) is 0.909. The second-order valence-electron chi connectivity index (χ2n) is 3.80. The van der Waals surface area contributed by atoms with Crippen LogP contribution in [-0.2, 0) is 4.79 Å². The molecular weight excluding hydrogens is 176 g/mol. The van der Waals surface area contributed by atoms with Crippen molar-refractivity contribution in [2.24, 2.45) is 0 Å². The van der Waals surface area contributed by atoms with Gasteiger partial charge in [0, 0.05) is 26.2 Å². The molecule has 0 saturated carbocycles. The molecular formula is C11H24N2O. The van der Waals surface area contributed by atoms with E-state index in [0.717, 1.165) is 32.6 Å². The Morgan fingerprint density at radius 3 is 1.86 bits per heavy atom. The van der Waals surface area contributed by atoms with Crippen LogP contribution >= 0.6 is 0 Å². The van der Waals surface area contributed by atoms with E-state index in [4.69, 9.17) is 0 Å². The van der Waals surface area contributed by atoms with E-state index in [2.05, 4.69) is 25.8 Å². The highest BCUT2D eigenvalue weighted by molar-refractivity contribution is 5.47. The van der Waals surface area contributed by atoms with E-state index in [1.54, 1.807) is 4.90 Å². The molecule has 0 spiro atoms. The van der Waals surface area contributed by atoms with E-state index < -0.39 is 0 Å². The van der Waals surface area contributed by atoms with Crippen molar-refractivity contribution < 1.29 is 4.79 Å². The second kappa shape index (κ2) is 9.00. The highest BCUT2D eigenvalue weighted by atomic mass is 16.1. The maximum atomic E-state index is 10.2.